The smallest absolute Gasteiger partial charge is 0.320 e. The molecule has 0 aliphatic rings. The maximum absolute atomic E-state index is 10.2. The van der Waals surface area contributed by atoms with Crippen LogP contribution in [0.3, 0.4) is 0 Å². The van der Waals surface area contributed by atoms with Crippen molar-refractivity contribution >= 4 is 35.8 Å². The third-order valence-electron chi connectivity index (χ3n) is 4.11. The molecule has 0 aliphatic carbocycles. The van der Waals surface area contributed by atoms with Gasteiger partial charge in [0.15, 0.2) is 11.9 Å². The molecule has 0 saturated carbocycles. The van der Waals surface area contributed by atoms with Crippen molar-refractivity contribution < 1.29 is 39.6 Å². The third kappa shape index (κ3) is 41.6. The van der Waals surface area contributed by atoms with Crippen LogP contribution in [-0.2, 0) is 19.2 Å². The maximum Gasteiger partial charge on any atom is 0.320 e. The van der Waals surface area contributed by atoms with Gasteiger partial charge in [-0.15, -0.1) is 0 Å². The second kappa shape index (κ2) is 28.8. The van der Waals surface area contributed by atoms with E-state index in [1.807, 2.05) is 0 Å². The number of aliphatic carboxylic acids is 4. The van der Waals surface area contributed by atoms with Crippen LogP contribution in [0.1, 0.15) is 44.9 Å². The summed E-state index contributed by atoms with van der Waals surface area (Å²) >= 11 is 0. The highest BCUT2D eigenvalue weighted by Gasteiger charge is 2.11. The van der Waals surface area contributed by atoms with Crippen molar-refractivity contribution in [3.63, 3.8) is 0 Å². The summed E-state index contributed by atoms with van der Waals surface area (Å²) in [6.45, 7) is 1.29. The minimum Gasteiger partial charge on any atom is -0.480 e. The predicted octanol–water partition coefficient (Wildman–Crippen LogP) is -4.12. The van der Waals surface area contributed by atoms with Crippen LogP contribution in [0.15, 0.2) is 0 Å². The van der Waals surface area contributed by atoms with Crippen LogP contribution in [0.2, 0.25) is 0 Å². The molecular formula is C20H47N11O8. The predicted molar refractivity (Wildman–Crippen MR) is 145 cm³/mol. The summed E-state index contributed by atoms with van der Waals surface area (Å²) in [5.41, 5.74) is 35.4. The third-order valence-corrected chi connectivity index (χ3v) is 4.11. The van der Waals surface area contributed by atoms with Crippen LogP contribution in [0.5, 0.6) is 0 Å². The normalized spacial score (nSPS) is 11.7. The summed E-state index contributed by atoms with van der Waals surface area (Å²) in [5.74, 6) is -4.13. The highest BCUT2D eigenvalue weighted by atomic mass is 16.4. The zero-order valence-electron chi connectivity index (χ0n) is 22.0. The molecule has 39 heavy (non-hydrogen) atoms. The number of carbonyl (C=O) groups is 4. The Balaban J connectivity index is -0.000000217. The highest BCUT2D eigenvalue weighted by Crippen LogP contribution is 1.97. The average molecular weight is 570 g/mol. The minimum atomic E-state index is -1.00. The van der Waals surface area contributed by atoms with E-state index in [-0.39, 0.29) is 18.5 Å². The van der Waals surface area contributed by atoms with E-state index in [0.717, 1.165) is 12.8 Å². The highest BCUT2D eigenvalue weighted by molar-refractivity contribution is 5.75. The summed E-state index contributed by atoms with van der Waals surface area (Å²) in [4.78, 5) is 39.8. The Labute approximate surface area is 226 Å². The summed E-state index contributed by atoms with van der Waals surface area (Å²) in [7, 11) is 0. The van der Waals surface area contributed by atoms with E-state index in [0.29, 0.717) is 51.7 Å². The van der Waals surface area contributed by atoms with E-state index >= 15 is 0 Å². The quantitative estimate of drug-likeness (QED) is 0.0476. The van der Waals surface area contributed by atoms with Crippen molar-refractivity contribution in [3.05, 3.63) is 0 Å². The Bertz CT molecular complexity index is 675. The van der Waals surface area contributed by atoms with Crippen LogP contribution in [0.25, 0.3) is 0 Å². The lowest BCUT2D eigenvalue weighted by molar-refractivity contribution is -0.139. The first-order chi connectivity index (χ1) is 18.0. The Kier molecular flexibility index (Phi) is 31.2. The lowest BCUT2D eigenvalue weighted by Gasteiger charge is -2.06. The van der Waals surface area contributed by atoms with Gasteiger partial charge in [-0.05, 0) is 45.1 Å². The summed E-state index contributed by atoms with van der Waals surface area (Å²) < 4.78 is 0. The lowest BCUT2D eigenvalue weighted by atomic mass is 10.1. The molecule has 0 aromatic heterocycles. The molecule has 0 spiro atoms. The molecule has 230 valence electrons. The zero-order chi connectivity index (χ0) is 31.4. The van der Waals surface area contributed by atoms with Crippen molar-refractivity contribution in [2.24, 2.45) is 40.1 Å². The standard InChI is InChI=1S/2C6H14N4O2.C6H14N2O2.C2H5NO2/c2*7-4(5(11)12)2-1-3-10-6(8)9;7-4-2-1-3-5(8)6(9)10;3-1-2(4)5/h2*4H,1-3,7H2,(H,11,12)(H4,8,9,10);5H,1-4,7-8H2,(H,9,10);1,3H2,(H,4,5)/t2*4-;5-;/m000./s1. The average Bonchev–Trinajstić information content (AvgIpc) is 2.84. The molecule has 19 nitrogen and oxygen atoms in total. The Morgan fingerprint density at radius 2 is 0.897 bits per heavy atom. The van der Waals surface area contributed by atoms with E-state index in [1.54, 1.807) is 0 Å². The number of hydrogen-bond donors (Lipinski definition) is 15. The van der Waals surface area contributed by atoms with Crippen molar-refractivity contribution in [2.75, 3.05) is 26.2 Å². The number of rotatable bonds is 16. The number of nitrogens with one attached hydrogen (secondary N) is 4. The SMILES string of the molecule is N=C(N)NCCC[C@H](N)C(=O)O.N=C(N)NCCC[C@H](N)C(=O)O.NCC(=O)O.NCCCC[C@H](N)C(=O)O. The van der Waals surface area contributed by atoms with E-state index < -0.39 is 42.0 Å². The maximum atomic E-state index is 10.2. The summed E-state index contributed by atoms with van der Waals surface area (Å²) in [6.07, 6.45) is 4.11. The molecule has 0 rings (SSSR count). The van der Waals surface area contributed by atoms with Crippen LogP contribution in [-0.4, -0.2) is 101 Å². The first-order valence-corrected chi connectivity index (χ1v) is 11.8. The molecule has 0 amide bonds. The van der Waals surface area contributed by atoms with Gasteiger partial charge >= 0.3 is 23.9 Å². The molecule has 0 heterocycles. The fourth-order valence-corrected chi connectivity index (χ4v) is 1.97. The van der Waals surface area contributed by atoms with Crippen LogP contribution in [0.4, 0.5) is 0 Å². The first kappa shape index (κ1) is 42.3. The number of carboxylic acid groups (broad SMARTS) is 4. The van der Waals surface area contributed by atoms with Crippen molar-refractivity contribution in [1.29, 1.82) is 10.8 Å². The number of carboxylic acids is 4. The second-order valence-electron chi connectivity index (χ2n) is 7.68. The van der Waals surface area contributed by atoms with Gasteiger partial charge in [0.2, 0.25) is 0 Å². The molecule has 0 fully saturated rings. The molecule has 22 N–H and O–H groups in total. The topological polar surface area (TPSA) is 403 Å². The van der Waals surface area contributed by atoms with Gasteiger partial charge in [-0.3, -0.25) is 30.0 Å². The Morgan fingerprint density at radius 3 is 1.10 bits per heavy atom. The molecule has 0 unspecified atom stereocenters. The van der Waals surface area contributed by atoms with Gasteiger partial charge in [0.1, 0.15) is 18.1 Å². The fourth-order valence-electron chi connectivity index (χ4n) is 1.97. The zero-order valence-corrected chi connectivity index (χ0v) is 22.0. The van der Waals surface area contributed by atoms with E-state index in [4.69, 9.17) is 65.6 Å². The van der Waals surface area contributed by atoms with Crippen LogP contribution >= 0.6 is 0 Å². The summed E-state index contributed by atoms with van der Waals surface area (Å²) in [5, 5.41) is 51.4. The first-order valence-electron chi connectivity index (χ1n) is 11.8. The van der Waals surface area contributed by atoms with Crippen molar-refractivity contribution in [1.82, 2.24) is 10.6 Å². The van der Waals surface area contributed by atoms with Gasteiger partial charge in [0, 0.05) is 13.1 Å². The van der Waals surface area contributed by atoms with Gasteiger partial charge in [0.25, 0.3) is 0 Å². The van der Waals surface area contributed by atoms with Gasteiger partial charge in [-0.1, -0.05) is 6.42 Å². The molecule has 0 aromatic rings. The largest absolute Gasteiger partial charge is 0.480 e. The van der Waals surface area contributed by atoms with Crippen LogP contribution in [0, 0.1) is 10.8 Å². The molecule has 0 aromatic carbocycles. The Morgan fingerprint density at radius 1 is 0.615 bits per heavy atom. The van der Waals surface area contributed by atoms with Gasteiger partial charge in [-0.25, -0.2) is 0 Å². The van der Waals surface area contributed by atoms with Gasteiger partial charge in [-0.2, -0.15) is 0 Å². The fraction of sp³-hybridized carbons (Fsp3) is 0.700. The monoisotopic (exact) mass is 569 g/mol. The van der Waals surface area contributed by atoms with Crippen molar-refractivity contribution in [3.8, 4) is 0 Å². The second-order valence-corrected chi connectivity index (χ2v) is 7.68. The van der Waals surface area contributed by atoms with E-state index in [1.165, 1.54) is 0 Å². The number of nitrogens with two attached hydrogens (primary N) is 7. The van der Waals surface area contributed by atoms with Crippen molar-refractivity contribution in [2.45, 2.75) is 63.1 Å². The molecule has 0 saturated heterocycles. The molecule has 0 bridgehead atoms. The van der Waals surface area contributed by atoms with Crippen LogP contribution < -0.4 is 50.8 Å². The van der Waals surface area contributed by atoms with E-state index in [9.17, 15) is 19.2 Å². The molecule has 0 aliphatic heterocycles. The lowest BCUT2D eigenvalue weighted by Crippen LogP contribution is -2.34. The number of guanidine groups is 2. The minimum absolute atomic E-state index is 0.112. The number of hydrogen-bond acceptors (Lipinski definition) is 11. The Hall–Kier alpha value is -3.78. The molecular weight excluding hydrogens is 522 g/mol. The van der Waals surface area contributed by atoms with Gasteiger partial charge in [0.05, 0.1) is 6.54 Å². The number of unbranched alkanes of at least 4 members (excludes halogenated alkanes) is 1. The molecule has 19 heteroatoms. The van der Waals surface area contributed by atoms with E-state index in [2.05, 4.69) is 16.4 Å². The molecule has 0 radical (unpaired) electrons. The summed E-state index contributed by atoms with van der Waals surface area (Å²) in [6, 6.07) is -2.36. The molecule has 3 atom stereocenters. The van der Waals surface area contributed by atoms with Gasteiger partial charge < -0.3 is 71.2 Å².